The molecule has 0 bridgehead atoms. The molecule has 0 spiro atoms. The molecule has 0 radical (unpaired) electrons. The van der Waals surface area contributed by atoms with Crippen molar-refractivity contribution in [3.8, 4) is 5.75 Å². The van der Waals surface area contributed by atoms with Gasteiger partial charge in [0.2, 0.25) is 0 Å². The molecule has 0 heterocycles. The van der Waals surface area contributed by atoms with Gasteiger partial charge in [0.1, 0.15) is 6.04 Å². The minimum atomic E-state index is -1.11. The molecular weight excluding hydrogens is 648 g/mol. The number of carboxylic acid groups (broad SMARTS) is 1. The van der Waals surface area contributed by atoms with Crippen LogP contribution in [0.25, 0.3) is 0 Å². The Kier molecular flexibility index (Phi) is 13.1. The van der Waals surface area contributed by atoms with E-state index in [0.29, 0.717) is 42.5 Å². The van der Waals surface area contributed by atoms with Crippen LogP contribution < -0.4 is 10.5 Å². The number of halogens is 2. The number of hydrogen-bond acceptors (Lipinski definition) is 12. The first-order valence-corrected chi connectivity index (χ1v) is 11.1. The predicted molar refractivity (Wildman–Crippen MR) is 115 cm³/mol. The van der Waals surface area contributed by atoms with Gasteiger partial charge in [0.15, 0.2) is 5.75 Å². The average molecular weight is 663 g/mol. The smallest absolute Gasteiger partial charge is 0.320 e. The number of benzene rings is 1. The van der Waals surface area contributed by atoms with Crippen LogP contribution in [0.4, 0.5) is 0 Å². The number of carbonyl (C=O) groups excluding carboxylic acids is 1. The molecule has 0 aliphatic heterocycles. The van der Waals surface area contributed by atoms with E-state index < -0.39 is 23.9 Å². The fourth-order valence-corrected chi connectivity index (χ4v) is 5.10. The topological polar surface area (TPSA) is 167 Å². The van der Waals surface area contributed by atoms with Gasteiger partial charge in [0, 0.05) is 35.6 Å². The summed E-state index contributed by atoms with van der Waals surface area (Å²) in [6.45, 7) is 0. The van der Waals surface area contributed by atoms with Crippen molar-refractivity contribution in [1.29, 1.82) is 0 Å². The Bertz CT molecular complexity index is 635. The third kappa shape index (κ3) is 9.24. The Balaban J connectivity index is 2.86. The van der Waals surface area contributed by atoms with Crippen molar-refractivity contribution in [3.05, 3.63) is 24.8 Å². The van der Waals surface area contributed by atoms with Crippen molar-refractivity contribution in [3.63, 3.8) is 0 Å². The highest BCUT2D eigenvalue weighted by molar-refractivity contribution is 14.1. The van der Waals surface area contributed by atoms with Gasteiger partial charge in [0.25, 0.3) is 0 Å². The molecule has 0 aliphatic rings. The zero-order valence-electron chi connectivity index (χ0n) is 13.8. The summed E-state index contributed by atoms with van der Waals surface area (Å²) in [5, 5.41) is 32.2. The molecule has 1 rings (SSSR count). The van der Waals surface area contributed by atoms with Crippen molar-refractivity contribution in [2.24, 2.45) is 11.7 Å². The van der Waals surface area contributed by atoms with E-state index in [0.717, 1.165) is 0 Å². The second kappa shape index (κ2) is 14.1. The lowest BCUT2D eigenvalue weighted by Gasteiger charge is -2.16. The van der Waals surface area contributed by atoms with Gasteiger partial charge in [-0.3, -0.25) is 9.59 Å². The molecule has 28 heavy (non-hydrogen) atoms. The first-order valence-electron chi connectivity index (χ1n) is 7.17. The fraction of sp³-hybridized carbons (Fsp3) is 0.385. The maximum Gasteiger partial charge on any atom is 0.320 e. The van der Waals surface area contributed by atoms with Crippen LogP contribution in [-0.4, -0.2) is 45.1 Å². The van der Waals surface area contributed by atoms with Crippen molar-refractivity contribution in [2.75, 3.05) is 11.5 Å². The number of ether oxygens (including phenoxy) is 1. The number of rotatable bonds is 13. The number of carboxylic acids is 1. The maximum absolute atomic E-state index is 12.5. The van der Waals surface area contributed by atoms with Gasteiger partial charge < -0.3 is 15.6 Å². The number of aliphatic carboxylic acids is 1. The Morgan fingerprint density at radius 2 is 1.57 bits per heavy atom. The molecule has 15 heteroatoms. The Morgan fingerprint density at radius 3 is 2.00 bits per heavy atom. The monoisotopic (exact) mass is 663 g/mol. The van der Waals surface area contributed by atoms with Gasteiger partial charge in [-0.1, -0.05) is 10.1 Å². The van der Waals surface area contributed by atoms with E-state index in [-0.39, 0.29) is 17.9 Å². The third-order valence-corrected chi connectivity index (χ3v) is 6.06. The lowest BCUT2D eigenvalue weighted by atomic mass is 10.1. The number of carbonyl (C=O) groups is 2. The highest BCUT2D eigenvalue weighted by Crippen LogP contribution is 2.31. The quantitative estimate of drug-likeness (QED) is 0.0463. The molecule has 1 atom stereocenters. The summed E-state index contributed by atoms with van der Waals surface area (Å²) >= 11 is 5.25. The first kappa shape index (κ1) is 26.1. The lowest BCUT2D eigenvalue weighted by molar-refractivity contribution is -0.432. The second-order valence-corrected chi connectivity index (χ2v) is 8.74. The van der Waals surface area contributed by atoms with Crippen LogP contribution in [0.3, 0.4) is 0 Å². The normalized spacial score (nSPS) is 12.2. The third-order valence-electron chi connectivity index (χ3n) is 3.06. The molecular formula is C13H15I2NO10S2. The van der Waals surface area contributed by atoms with Crippen molar-refractivity contribution >= 4 is 81.2 Å². The summed E-state index contributed by atoms with van der Waals surface area (Å²) < 4.78 is 15.2. The van der Waals surface area contributed by atoms with Gasteiger partial charge >= 0.3 is 11.9 Å². The first-order chi connectivity index (χ1) is 13.3. The summed E-state index contributed by atoms with van der Waals surface area (Å²) in [4.78, 5) is 23.4. The van der Waals surface area contributed by atoms with Crippen molar-refractivity contribution < 1.29 is 48.7 Å². The van der Waals surface area contributed by atoms with Crippen LogP contribution in [-0.2, 0) is 34.8 Å². The van der Waals surface area contributed by atoms with E-state index in [4.69, 9.17) is 26.1 Å². The summed E-state index contributed by atoms with van der Waals surface area (Å²) in [7, 11) is 0. The van der Waals surface area contributed by atoms with Crippen LogP contribution in [0.1, 0.15) is 5.56 Å². The highest BCUT2D eigenvalue weighted by Gasteiger charge is 2.25. The lowest BCUT2D eigenvalue weighted by Crippen LogP contribution is -2.32. The zero-order valence-corrected chi connectivity index (χ0v) is 19.7. The van der Waals surface area contributed by atoms with Crippen LogP contribution in [0, 0.1) is 13.1 Å². The largest absolute Gasteiger partial charge is 0.480 e. The molecule has 1 unspecified atom stereocenters. The van der Waals surface area contributed by atoms with Crippen molar-refractivity contribution in [2.45, 2.75) is 12.5 Å². The van der Waals surface area contributed by atoms with Gasteiger partial charge in [-0.2, -0.15) is 0 Å². The van der Waals surface area contributed by atoms with E-state index in [9.17, 15) is 9.59 Å². The van der Waals surface area contributed by atoms with E-state index in [2.05, 4.69) is 18.7 Å². The Morgan fingerprint density at radius 1 is 1.07 bits per heavy atom. The minimum Gasteiger partial charge on any atom is -0.480 e. The maximum atomic E-state index is 12.5. The standard InChI is InChI=1S/C13H15I2NO10S2/c14-8-1-6(3-10(16)12(17)18)2-9(15)11(8)22-13(19)7(4-27-25-23-20)5-28-26-24-21/h1-2,7,10,20-21H,3-5,16H2,(H,17,18). The van der Waals surface area contributed by atoms with E-state index in [1.165, 1.54) is 0 Å². The van der Waals surface area contributed by atoms with Gasteiger partial charge in [-0.05, 0) is 69.3 Å². The molecule has 1 aromatic rings. The molecule has 0 fully saturated rings. The molecule has 0 saturated carbocycles. The van der Waals surface area contributed by atoms with Gasteiger partial charge in [-0.25, -0.2) is 10.5 Å². The molecule has 1 aromatic carbocycles. The van der Waals surface area contributed by atoms with Crippen molar-refractivity contribution in [1.82, 2.24) is 0 Å². The molecule has 158 valence electrons. The SMILES string of the molecule is NC(Cc1cc(I)c(OC(=O)C(CSOOO)CSOOO)c(I)c1)C(=O)O. The molecule has 0 aliphatic carbocycles. The van der Waals surface area contributed by atoms with Gasteiger partial charge in [0.05, 0.1) is 13.1 Å². The zero-order chi connectivity index (χ0) is 21.1. The number of esters is 1. The number of nitrogens with two attached hydrogens (primary N) is 1. The molecule has 0 aromatic heterocycles. The van der Waals surface area contributed by atoms with E-state index >= 15 is 0 Å². The second-order valence-electron chi connectivity index (χ2n) is 5.01. The van der Waals surface area contributed by atoms with Crippen LogP contribution in [0.5, 0.6) is 5.75 Å². The average Bonchev–Trinajstić information content (AvgIpc) is 2.63. The molecule has 11 nitrogen and oxygen atoms in total. The van der Waals surface area contributed by atoms with Crippen LogP contribution in [0.15, 0.2) is 12.1 Å². The van der Waals surface area contributed by atoms with Gasteiger partial charge in [-0.15, -0.1) is 8.67 Å². The Hall–Kier alpha value is 0.0400. The number of hydrogen-bond donors (Lipinski definition) is 4. The van der Waals surface area contributed by atoms with E-state index in [1.54, 1.807) is 12.1 Å². The molecule has 0 amide bonds. The summed E-state index contributed by atoms with van der Waals surface area (Å²) in [5.41, 5.74) is 6.24. The highest BCUT2D eigenvalue weighted by atomic mass is 127. The van der Waals surface area contributed by atoms with E-state index in [1.807, 2.05) is 45.2 Å². The predicted octanol–water partition coefficient (Wildman–Crippen LogP) is 2.51. The minimum absolute atomic E-state index is 0.0416. The van der Waals surface area contributed by atoms with Crippen LogP contribution >= 0.6 is 69.3 Å². The summed E-state index contributed by atoms with van der Waals surface area (Å²) in [5.74, 6) is -2.13. The molecule has 5 N–H and O–H groups in total. The Labute approximate surface area is 195 Å². The fourth-order valence-electron chi connectivity index (χ4n) is 1.80. The van der Waals surface area contributed by atoms with Crippen LogP contribution in [0.2, 0.25) is 0 Å². The summed E-state index contributed by atoms with van der Waals surface area (Å²) in [6, 6.07) is 2.32. The molecule has 0 saturated heterocycles. The summed E-state index contributed by atoms with van der Waals surface area (Å²) in [6.07, 6.45) is 0.127.